The molecule has 174 valence electrons. The van der Waals surface area contributed by atoms with Crippen molar-refractivity contribution < 1.29 is 17.7 Å². The average Bonchev–Trinajstić information content (AvgIpc) is 3.24. The predicted molar refractivity (Wildman–Crippen MR) is 121 cm³/mol. The van der Waals surface area contributed by atoms with Gasteiger partial charge in [0.1, 0.15) is 23.4 Å². The van der Waals surface area contributed by atoms with Crippen LogP contribution in [-0.4, -0.2) is 40.3 Å². The highest BCUT2D eigenvalue weighted by molar-refractivity contribution is 7.89. The van der Waals surface area contributed by atoms with E-state index in [1.807, 2.05) is 0 Å². The van der Waals surface area contributed by atoms with E-state index in [0.717, 1.165) is 25.3 Å². The fourth-order valence-corrected chi connectivity index (χ4v) is 5.54. The van der Waals surface area contributed by atoms with Crippen molar-refractivity contribution >= 4 is 21.4 Å². The summed E-state index contributed by atoms with van der Waals surface area (Å²) in [5.41, 5.74) is -0.0939. The molecular formula is C22H24FN5O4S. The topological polar surface area (TPSA) is 110 Å². The van der Waals surface area contributed by atoms with Gasteiger partial charge in [-0.15, -0.1) is 0 Å². The zero-order valence-electron chi connectivity index (χ0n) is 18.0. The van der Waals surface area contributed by atoms with Crippen molar-refractivity contribution in [3.63, 3.8) is 0 Å². The standard InChI is InChI=1S/C22H24FN5O4S/c1-26-14-11-24-22(26)21(17-7-3-4-8-18(17)23)25-19-10-9-16(15-20(19)28(29)30)33(31,32)27-12-5-2-6-13-27/h3-4,7-11,14-15,21,25H,2,5-6,12-13H2,1H3. The Bertz CT molecular complexity index is 1270. The van der Waals surface area contributed by atoms with Crippen molar-refractivity contribution in [1.82, 2.24) is 13.9 Å². The molecule has 9 nitrogen and oxygen atoms in total. The fourth-order valence-electron chi connectivity index (χ4n) is 4.00. The Morgan fingerprint density at radius 2 is 1.88 bits per heavy atom. The summed E-state index contributed by atoms with van der Waals surface area (Å²) >= 11 is 0. The molecule has 1 aliphatic heterocycles. The molecule has 33 heavy (non-hydrogen) atoms. The second kappa shape index (κ2) is 9.28. The molecule has 4 rings (SSSR count). The van der Waals surface area contributed by atoms with Gasteiger partial charge in [-0.3, -0.25) is 10.1 Å². The van der Waals surface area contributed by atoms with Crippen LogP contribution in [0.25, 0.3) is 0 Å². The van der Waals surface area contributed by atoms with E-state index >= 15 is 0 Å². The summed E-state index contributed by atoms with van der Waals surface area (Å²) in [6, 6.07) is 9.01. The van der Waals surface area contributed by atoms with E-state index in [4.69, 9.17) is 0 Å². The molecule has 0 bridgehead atoms. The monoisotopic (exact) mass is 473 g/mol. The van der Waals surface area contributed by atoms with Crippen molar-refractivity contribution in [2.45, 2.75) is 30.2 Å². The molecule has 0 radical (unpaired) electrons. The summed E-state index contributed by atoms with van der Waals surface area (Å²) < 4.78 is 43.7. The average molecular weight is 474 g/mol. The minimum absolute atomic E-state index is 0.0637. The van der Waals surface area contributed by atoms with Crippen LogP contribution in [0.2, 0.25) is 0 Å². The molecule has 0 saturated carbocycles. The zero-order chi connectivity index (χ0) is 23.6. The maximum absolute atomic E-state index is 14.7. The Kier molecular flexibility index (Phi) is 6.43. The first kappa shape index (κ1) is 22.9. The molecule has 3 aromatic rings. The summed E-state index contributed by atoms with van der Waals surface area (Å²) in [4.78, 5) is 15.4. The summed E-state index contributed by atoms with van der Waals surface area (Å²) in [5, 5.41) is 14.9. The highest BCUT2D eigenvalue weighted by Crippen LogP contribution is 2.34. The number of imidazole rings is 1. The van der Waals surface area contributed by atoms with Gasteiger partial charge >= 0.3 is 0 Å². The Morgan fingerprint density at radius 3 is 2.52 bits per heavy atom. The van der Waals surface area contributed by atoms with E-state index < -0.39 is 32.5 Å². The first-order valence-electron chi connectivity index (χ1n) is 10.6. The van der Waals surface area contributed by atoms with Gasteiger partial charge in [-0.25, -0.2) is 17.8 Å². The number of nitro groups is 1. The van der Waals surface area contributed by atoms with Crippen molar-refractivity contribution in [3.8, 4) is 0 Å². The van der Waals surface area contributed by atoms with Crippen LogP contribution in [0.1, 0.15) is 36.7 Å². The Morgan fingerprint density at radius 1 is 1.15 bits per heavy atom. The van der Waals surface area contributed by atoms with E-state index in [2.05, 4.69) is 10.3 Å². The number of hydrogen-bond acceptors (Lipinski definition) is 6. The fraction of sp³-hybridized carbons (Fsp3) is 0.318. The third kappa shape index (κ3) is 4.60. The lowest BCUT2D eigenvalue weighted by Crippen LogP contribution is -2.35. The van der Waals surface area contributed by atoms with Gasteiger partial charge in [0.05, 0.1) is 9.82 Å². The first-order chi connectivity index (χ1) is 15.8. The van der Waals surface area contributed by atoms with E-state index in [1.165, 1.54) is 22.5 Å². The number of hydrogen-bond donors (Lipinski definition) is 1. The van der Waals surface area contributed by atoms with Gasteiger partial charge in [0, 0.05) is 44.2 Å². The quantitative estimate of drug-likeness (QED) is 0.412. The Hall–Kier alpha value is -3.31. The van der Waals surface area contributed by atoms with Crippen molar-refractivity contribution in [3.05, 3.63) is 82.2 Å². The number of nitro benzene ring substituents is 1. The molecule has 0 aliphatic carbocycles. The number of sulfonamides is 1. The van der Waals surface area contributed by atoms with Crippen LogP contribution < -0.4 is 5.32 Å². The lowest BCUT2D eigenvalue weighted by atomic mass is 10.0. The Balaban J connectivity index is 1.75. The second-order valence-corrected chi connectivity index (χ2v) is 9.83. The van der Waals surface area contributed by atoms with Gasteiger partial charge in [0.15, 0.2) is 0 Å². The number of anilines is 1. The van der Waals surface area contributed by atoms with E-state index in [-0.39, 0.29) is 16.1 Å². The van der Waals surface area contributed by atoms with Gasteiger partial charge in [-0.2, -0.15) is 4.31 Å². The number of aromatic nitrogens is 2. The molecular weight excluding hydrogens is 449 g/mol. The van der Waals surface area contributed by atoms with Gasteiger partial charge in [0.2, 0.25) is 10.0 Å². The summed E-state index contributed by atoms with van der Waals surface area (Å²) in [5.74, 6) is -0.0515. The van der Waals surface area contributed by atoms with Crippen LogP contribution >= 0.6 is 0 Å². The minimum atomic E-state index is -3.85. The highest BCUT2D eigenvalue weighted by Gasteiger charge is 2.30. The van der Waals surface area contributed by atoms with Gasteiger partial charge in [-0.05, 0) is 31.0 Å². The third-order valence-electron chi connectivity index (χ3n) is 5.75. The van der Waals surface area contributed by atoms with Crippen molar-refractivity contribution in [2.24, 2.45) is 7.05 Å². The zero-order valence-corrected chi connectivity index (χ0v) is 18.8. The maximum atomic E-state index is 14.7. The maximum Gasteiger partial charge on any atom is 0.293 e. The molecule has 1 saturated heterocycles. The highest BCUT2D eigenvalue weighted by atomic mass is 32.2. The minimum Gasteiger partial charge on any atom is -0.366 e. The van der Waals surface area contributed by atoms with E-state index in [0.29, 0.717) is 18.9 Å². The molecule has 1 fully saturated rings. The van der Waals surface area contributed by atoms with Gasteiger partial charge in [0.25, 0.3) is 5.69 Å². The number of benzene rings is 2. The first-order valence-corrected chi connectivity index (χ1v) is 12.0. The molecule has 1 unspecified atom stereocenters. The molecule has 2 heterocycles. The van der Waals surface area contributed by atoms with E-state index in [9.17, 15) is 22.9 Å². The van der Waals surface area contributed by atoms with Crippen LogP contribution in [0.5, 0.6) is 0 Å². The number of rotatable bonds is 7. The summed E-state index contributed by atoms with van der Waals surface area (Å²) in [6.45, 7) is 0.787. The number of nitrogens with zero attached hydrogens (tertiary/aromatic N) is 4. The van der Waals surface area contributed by atoms with Crippen LogP contribution in [0, 0.1) is 15.9 Å². The number of halogens is 1. The van der Waals surface area contributed by atoms with E-state index in [1.54, 1.807) is 42.2 Å². The third-order valence-corrected chi connectivity index (χ3v) is 7.65. The van der Waals surface area contributed by atoms with Gasteiger partial charge in [-0.1, -0.05) is 24.6 Å². The smallest absolute Gasteiger partial charge is 0.293 e. The molecule has 1 aliphatic rings. The number of aryl methyl sites for hydroxylation is 1. The molecule has 11 heteroatoms. The molecule has 2 aromatic carbocycles. The van der Waals surface area contributed by atoms with Crippen LogP contribution in [0.15, 0.2) is 59.8 Å². The van der Waals surface area contributed by atoms with Crippen LogP contribution in [0.3, 0.4) is 0 Å². The number of piperidine rings is 1. The summed E-state index contributed by atoms with van der Waals surface area (Å²) in [6.07, 6.45) is 5.71. The normalized spacial score (nSPS) is 15.8. The molecule has 1 atom stereocenters. The van der Waals surface area contributed by atoms with Crippen molar-refractivity contribution in [1.29, 1.82) is 0 Å². The molecule has 1 aromatic heterocycles. The lowest BCUT2D eigenvalue weighted by molar-refractivity contribution is -0.384. The van der Waals surface area contributed by atoms with Crippen LogP contribution in [0.4, 0.5) is 15.8 Å². The predicted octanol–water partition coefficient (Wildman–Crippen LogP) is 3.84. The molecule has 0 amide bonds. The largest absolute Gasteiger partial charge is 0.366 e. The molecule has 0 spiro atoms. The van der Waals surface area contributed by atoms with Crippen molar-refractivity contribution in [2.75, 3.05) is 18.4 Å². The molecule has 1 N–H and O–H groups in total. The second-order valence-electron chi connectivity index (χ2n) is 7.90. The lowest BCUT2D eigenvalue weighted by Gasteiger charge is -2.26. The van der Waals surface area contributed by atoms with Gasteiger partial charge < -0.3 is 9.88 Å². The number of nitrogens with one attached hydrogen (secondary N) is 1. The SMILES string of the molecule is Cn1ccnc1C(Nc1ccc(S(=O)(=O)N2CCCCC2)cc1[N+](=O)[O-])c1ccccc1F. The Labute approximate surface area is 191 Å². The van der Waals surface area contributed by atoms with Crippen LogP contribution in [-0.2, 0) is 17.1 Å². The summed E-state index contributed by atoms with van der Waals surface area (Å²) in [7, 11) is -2.11.